The minimum atomic E-state index is 0.702. The van der Waals surface area contributed by atoms with Crippen LogP contribution in [-0.2, 0) is 19.4 Å². The molecule has 4 nitrogen and oxygen atoms in total. The number of aryl methyl sites for hydroxylation is 1. The van der Waals surface area contributed by atoms with Gasteiger partial charge in [-0.3, -0.25) is 0 Å². The Kier molecular flexibility index (Phi) is 10.8. The molecule has 2 heterocycles. The average molecular weight is 584 g/mol. The van der Waals surface area contributed by atoms with Gasteiger partial charge < -0.3 is 14.5 Å². The number of allylic oxidation sites excluding steroid dienone is 2. The number of aromatic nitrogens is 2. The summed E-state index contributed by atoms with van der Waals surface area (Å²) in [6, 6.07) is 25.5. The molecule has 0 amide bonds. The molecule has 0 saturated carbocycles. The molecule has 0 aliphatic heterocycles. The second-order valence-electron chi connectivity index (χ2n) is 11.1. The number of hydrogen-bond acceptors (Lipinski definition) is 2. The number of nitrogens with one attached hydrogen (secondary N) is 1. The van der Waals surface area contributed by atoms with E-state index in [0.29, 0.717) is 6.61 Å². The van der Waals surface area contributed by atoms with Crippen LogP contribution in [0.5, 0.6) is 11.5 Å². The van der Waals surface area contributed by atoms with E-state index in [4.69, 9.17) is 9.47 Å². The highest BCUT2D eigenvalue weighted by atomic mass is 16.5. The zero-order valence-electron chi connectivity index (χ0n) is 25.8. The molecule has 0 radical (unpaired) electrons. The fourth-order valence-electron chi connectivity index (χ4n) is 5.56. The van der Waals surface area contributed by atoms with Crippen molar-refractivity contribution in [3.05, 3.63) is 139 Å². The number of hydrogen-bond donors (Lipinski definition) is 1. The lowest BCUT2D eigenvalue weighted by molar-refractivity contribution is -0.697. The van der Waals surface area contributed by atoms with Gasteiger partial charge in [0.25, 0.3) is 0 Å². The lowest BCUT2D eigenvalue weighted by Gasteiger charge is -2.15. The predicted molar refractivity (Wildman–Crippen MR) is 184 cm³/mol. The van der Waals surface area contributed by atoms with Crippen molar-refractivity contribution in [1.29, 1.82) is 0 Å². The van der Waals surface area contributed by atoms with Gasteiger partial charge in [-0.25, -0.2) is 4.57 Å². The highest BCUT2D eigenvalue weighted by Crippen LogP contribution is 2.34. The summed E-state index contributed by atoms with van der Waals surface area (Å²) in [6.45, 7) is 9.54. The number of H-pyrrole nitrogens is 1. The molecule has 0 bridgehead atoms. The first-order valence-corrected chi connectivity index (χ1v) is 15.6. The number of methoxy groups -OCH3 is 1. The molecule has 44 heavy (non-hydrogen) atoms. The molecule has 0 atom stereocenters. The number of nitrogens with zero attached hydrogens (tertiary/aromatic N) is 1. The maximum absolute atomic E-state index is 6.34. The van der Waals surface area contributed by atoms with Gasteiger partial charge in [-0.2, -0.15) is 0 Å². The van der Waals surface area contributed by atoms with Gasteiger partial charge in [0.1, 0.15) is 18.0 Å². The monoisotopic (exact) mass is 583 g/mol. The van der Waals surface area contributed by atoms with Gasteiger partial charge in [0, 0.05) is 41.2 Å². The van der Waals surface area contributed by atoms with Crippen LogP contribution in [0.4, 0.5) is 0 Å². The van der Waals surface area contributed by atoms with Crippen LogP contribution in [0.25, 0.3) is 34.2 Å². The van der Waals surface area contributed by atoms with Gasteiger partial charge in [-0.15, -0.1) is 13.2 Å². The highest BCUT2D eigenvalue weighted by molar-refractivity contribution is 5.91. The first kappa shape index (κ1) is 30.6. The van der Waals surface area contributed by atoms with Crippen LogP contribution in [0.3, 0.4) is 0 Å². The molecule has 0 unspecified atom stereocenters. The average Bonchev–Trinajstić information content (AvgIpc) is 3.47. The largest absolute Gasteiger partial charge is 0.496 e. The van der Waals surface area contributed by atoms with Crippen molar-refractivity contribution in [2.45, 2.75) is 45.1 Å². The van der Waals surface area contributed by atoms with Crippen LogP contribution in [0, 0.1) is 0 Å². The van der Waals surface area contributed by atoms with Crippen molar-refractivity contribution in [3.8, 4) is 22.6 Å². The van der Waals surface area contributed by atoms with Crippen LogP contribution in [-0.4, -0.2) is 18.7 Å². The van der Waals surface area contributed by atoms with E-state index >= 15 is 0 Å². The Morgan fingerprint density at radius 1 is 0.795 bits per heavy atom. The molecule has 4 heteroatoms. The Labute approximate surface area is 262 Å². The Bertz CT molecular complexity index is 1710. The van der Waals surface area contributed by atoms with E-state index in [2.05, 4.69) is 120 Å². The number of para-hydroxylation sites is 1. The number of rotatable bonds is 16. The van der Waals surface area contributed by atoms with Gasteiger partial charge in [-0.05, 0) is 90.3 Å². The molecule has 5 aromatic rings. The van der Waals surface area contributed by atoms with Crippen LogP contribution < -0.4 is 14.0 Å². The first-order valence-electron chi connectivity index (χ1n) is 15.6. The maximum Gasteiger partial charge on any atom is 0.169 e. The number of pyridine rings is 1. The second-order valence-corrected chi connectivity index (χ2v) is 11.1. The van der Waals surface area contributed by atoms with Crippen LogP contribution in [0.1, 0.15) is 47.9 Å². The highest BCUT2D eigenvalue weighted by Gasteiger charge is 2.11. The summed E-state index contributed by atoms with van der Waals surface area (Å²) in [7, 11) is 1.71. The van der Waals surface area contributed by atoms with Crippen molar-refractivity contribution in [2.75, 3.05) is 13.7 Å². The number of fused-ring (bicyclic) bond motifs is 1. The fraction of sp³-hybridized carbons (Fsp3) is 0.225. The third kappa shape index (κ3) is 7.96. The Hall–Kier alpha value is -4.83. The quantitative estimate of drug-likeness (QED) is 0.0714. The summed E-state index contributed by atoms with van der Waals surface area (Å²) in [5, 5.41) is 1.25. The van der Waals surface area contributed by atoms with Crippen molar-refractivity contribution in [3.63, 3.8) is 0 Å². The van der Waals surface area contributed by atoms with E-state index in [1.54, 1.807) is 7.11 Å². The summed E-state index contributed by atoms with van der Waals surface area (Å²) < 4.78 is 14.2. The Morgan fingerprint density at radius 3 is 2.41 bits per heavy atom. The fourth-order valence-corrected chi connectivity index (χ4v) is 5.56. The van der Waals surface area contributed by atoms with Gasteiger partial charge in [0.15, 0.2) is 12.4 Å². The van der Waals surface area contributed by atoms with E-state index in [-0.39, 0.29) is 0 Å². The molecule has 0 spiro atoms. The number of benzene rings is 3. The Balaban J connectivity index is 1.09. The lowest BCUT2D eigenvalue weighted by Crippen LogP contribution is -2.32. The molecule has 5 rings (SSSR count). The number of aromatic amines is 1. The Morgan fingerprint density at radius 2 is 1.59 bits per heavy atom. The van der Waals surface area contributed by atoms with Gasteiger partial charge in [0.2, 0.25) is 0 Å². The number of ether oxygens (including phenoxy) is 2. The molecular formula is C40H43N2O2+. The molecule has 0 aliphatic carbocycles. The zero-order valence-corrected chi connectivity index (χ0v) is 25.8. The molecule has 0 fully saturated rings. The summed E-state index contributed by atoms with van der Waals surface area (Å²) >= 11 is 0. The van der Waals surface area contributed by atoms with Crippen molar-refractivity contribution in [1.82, 2.24) is 4.98 Å². The second kappa shape index (κ2) is 15.6. The zero-order chi connectivity index (χ0) is 30.6. The molecule has 224 valence electrons. The van der Waals surface area contributed by atoms with Crippen molar-refractivity contribution < 1.29 is 14.0 Å². The standard InChI is InChI=1S/C40H42N2O2/c1-4-12-32-17-20-40(37(28-32)33-19-21-39(43-3)34(29-33)13-5-2)44-27-11-7-6-10-24-42-25-22-31(23-26-42)16-18-35-30-41-38-15-9-8-14-36(35)38/h4-5,8-9,14-23,25-26,28-30H,1-2,6-7,10-13,24,27H2,3H3/p+1. The van der Waals surface area contributed by atoms with E-state index in [1.807, 2.05) is 18.2 Å². The minimum Gasteiger partial charge on any atom is -0.496 e. The van der Waals surface area contributed by atoms with E-state index < -0.39 is 0 Å². The smallest absolute Gasteiger partial charge is 0.169 e. The third-order valence-corrected chi connectivity index (χ3v) is 7.94. The van der Waals surface area contributed by atoms with Crippen molar-refractivity contribution >= 4 is 23.1 Å². The molecule has 3 aromatic carbocycles. The first-order chi connectivity index (χ1) is 21.7. The molecule has 0 aliphatic rings. The molecule has 0 saturated heterocycles. The number of unbranched alkanes of at least 4 members (excludes halogenated alkanes) is 3. The molecular weight excluding hydrogens is 540 g/mol. The van der Waals surface area contributed by atoms with E-state index in [9.17, 15) is 0 Å². The summed E-state index contributed by atoms with van der Waals surface area (Å²) in [4.78, 5) is 3.33. The third-order valence-electron chi connectivity index (χ3n) is 7.94. The van der Waals surface area contributed by atoms with Gasteiger partial charge in [-0.1, -0.05) is 54.6 Å². The van der Waals surface area contributed by atoms with E-state index in [0.717, 1.165) is 66.8 Å². The maximum atomic E-state index is 6.34. The summed E-state index contributed by atoms with van der Waals surface area (Å²) in [5.74, 6) is 1.80. The normalized spacial score (nSPS) is 11.2. The summed E-state index contributed by atoms with van der Waals surface area (Å²) in [5.41, 5.74) is 8.15. The van der Waals surface area contributed by atoms with Crippen LogP contribution in [0.2, 0.25) is 0 Å². The van der Waals surface area contributed by atoms with Crippen molar-refractivity contribution in [2.24, 2.45) is 0 Å². The molecule has 1 N–H and O–H groups in total. The van der Waals surface area contributed by atoms with Gasteiger partial charge in [0.05, 0.1) is 13.7 Å². The summed E-state index contributed by atoms with van der Waals surface area (Å²) in [6.07, 6.45) is 20.7. The van der Waals surface area contributed by atoms with Gasteiger partial charge >= 0.3 is 0 Å². The lowest BCUT2D eigenvalue weighted by atomic mass is 9.97. The van der Waals surface area contributed by atoms with Crippen LogP contribution in [0.15, 0.2) is 117 Å². The van der Waals surface area contributed by atoms with Crippen LogP contribution >= 0.6 is 0 Å². The predicted octanol–water partition coefficient (Wildman–Crippen LogP) is 9.40. The SMILES string of the molecule is C=CCc1ccc(OCCCCCC[n+]2ccc(/C=C/c3c[nH]c4ccccc34)cc2)c(-c2ccc(OC)c(CC=C)c2)c1. The molecule has 2 aromatic heterocycles. The minimum absolute atomic E-state index is 0.702. The van der Waals surface area contributed by atoms with E-state index in [1.165, 1.54) is 34.0 Å². The topological polar surface area (TPSA) is 38.1 Å².